The quantitative estimate of drug-likeness (QED) is 0.145. The van der Waals surface area contributed by atoms with Gasteiger partial charge in [-0.3, -0.25) is 24.4 Å². The first-order chi connectivity index (χ1) is 32.5. The number of hydrogen-bond donors (Lipinski definition) is 6. The smallest absolute Gasteiger partial charge is 0.358 e. The van der Waals surface area contributed by atoms with Crippen LogP contribution in [0.15, 0.2) is 52.3 Å². The fourth-order valence-electron chi connectivity index (χ4n) is 9.80. The number of anilines is 1. The Morgan fingerprint density at radius 3 is 2.28 bits per heavy atom. The molecule has 0 aliphatic carbocycles. The second kappa shape index (κ2) is 19.6. The van der Waals surface area contributed by atoms with Crippen molar-refractivity contribution >= 4 is 40.1 Å². The second-order valence-corrected chi connectivity index (χ2v) is 19.4. The highest BCUT2D eigenvalue weighted by molar-refractivity contribution is 6.19. The molecular formula is C49H63N7O13. The number of nitrogens with zero attached hydrogens (tertiary/aromatic N) is 6. The predicted octanol–water partition coefficient (Wildman–Crippen LogP) is 3.72. The van der Waals surface area contributed by atoms with Crippen molar-refractivity contribution in [2.24, 2.45) is 39.6 Å². The van der Waals surface area contributed by atoms with Crippen molar-refractivity contribution in [1.82, 2.24) is 19.9 Å². The average molecular weight is 958 g/mol. The summed E-state index contributed by atoms with van der Waals surface area (Å²) in [5.41, 5.74) is -1.15. The number of esters is 1. The topological polar surface area (TPSA) is 277 Å². The van der Waals surface area contributed by atoms with Gasteiger partial charge in [0.25, 0.3) is 11.7 Å². The zero-order valence-electron chi connectivity index (χ0n) is 40.6. The number of rotatable bonds is 7. The van der Waals surface area contributed by atoms with Gasteiger partial charge in [0, 0.05) is 86.7 Å². The molecule has 5 bridgehead atoms. The molecule has 1 amide bonds. The molecule has 20 heteroatoms. The van der Waals surface area contributed by atoms with Crippen molar-refractivity contribution in [1.29, 1.82) is 0 Å². The maximum Gasteiger partial charge on any atom is 0.358 e. The second-order valence-electron chi connectivity index (χ2n) is 19.4. The van der Waals surface area contributed by atoms with E-state index in [1.165, 1.54) is 39.4 Å². The molecular weight excluding hydrogens is 895 g/mol. The molecule has 0 radical (unpaired) electrons. The minimum absolute atomic E-state index is 0.00174. The van der Waals surface area contributed by atoms with E-state index in [-0.39, 0.29) is 55.3 Å². The molecule has 1 aromatic heterocycles. The van der Waals surface area contributed by atoms with E-state index >= 15 is 0 Å². The summed E-state index contributed by atoms with van der Waals surface area (Å²) in [7, 11) is 1.41. The molecule has 6 N–H and O–H groups in total. The summed E-state index contributed by atoms with van der Waals surface area (Å²) in [5, 5.41) is 67.2. The number of benzene rings is 2. The minimum Gasteiger partial charge on any atom is -0.507 e. The van der Waals surface area contributed by atoms with Gasteiger partial charge in [0.15, 0.2) is 17.1 Å². The number of methoxy groups -OCH3 is 1. The standard InChI is InChI=1S/C49H63N7O13/c1-23(2)20-55-17-15-49(16-18-55)51-36-33-34-41(60)29(8)44-35(33)45(62)48(9,69-44)67-19-14-31(66-10)26(5)43(68-32(57)22-56-21-30(47(64)65)53-54-56)28(7)40(59)27(6)39(58)24(3)12-11-13-25(4)46(63)50-38(42(34)61)37(36)52-49/h11-14,19,21,23-24,26-28,31,39-40,43,58-61H,15-18,20,22H2,1-10H3,(H,50,63)(H,64,65)/b12-11+,19-14+,25-13-/t24-,26+,27+,28+,31-,39-,40+,43+,48-/m0/s1. The van der Waals surface area contributed by atoms with Gasteiger partial charge in [-0.05, 0) is 25.8 Å². The molecule has 0 unspecified atom stereocenters. The Morgan fingerprint density at radius 2 is 1.64 bits per heavy atom. The maximum atomic E-state index is 14.9. The summed E-state index contributed by atoms with van der Waals surface area (Å²) in [6.45, 7) is 17.3. The normalized spacial score (nSPS) is 30.2. The number of amides is 1. The van der Waals surface area contributed by atoms with Crippen LogP contribution in [-0.4, -0.2) is 132 Å². The van der Waals surface area contributed by atoms with Crippen LogP contribution in [0.25, 0.3) is 10.8 Å². The van der Waals surface area contributed by atoms with Crippen LogP contribution in [0.2, 0.25) is 0 Å². The molecule has 9 atom stereocenters. The molecule has 1 fully saturated rings. The number of ketones is 1. The van der Waals surface area contributed by atoms with E-state index in [2.05, 4.69) is 34.4 Å². The Morgan fingerprint density at radius 1 is 0.957 bits per heavy atom. The van der Waals surface area contributed by atoms with Gasteiger partial charge in [-0.15, -0.1) is 5.10 Å². The van der Waals surface area contributed by atoms with Gasteiger partial charge in [0.1, 0.15) is 35.2 Å². The lowest BCUT2D eigenvalue weighted by atomic mass is 9.78. The van der Waals surface area contributed by atoms with E-state index in [9.17, 15) is 44.7 Å². The Kier molecular flexibility index (Phi) is 14.4. The van der Waals surface area contributed by atoms with Crippen molar-refractivity contribution in [3.8, 4) is 17.2 Å². The number of likely N-dealkylation sites (tertiary alicyclic amines) is 1. The van der Waals surface area contributed by atoms with Gasteiger partial charge in [0.2, 0.25) is 0 Å². The number of carboxylic acid groups (broad SMARTS) is 1. The number of carbonyl (C=O) groups excluding carboxylic acids is 3. The number of carbonyl (C=O) groups is 4. The summed E-state index contributed by atoms with van der Waals surface area (Å²) >= 11 is 0. The first kappa shape index (κ1) is 50.7. The number of piperidine rings is 1. The first-order valence-corrected chi connectivity index (χ1v) is 23.2. The highest BCUT2D eigenvalue weighted by atomic mass is 16.7. The highest BCUT2D eigenvalue weighted by Crippen LogP contribution is 2.50. The highest BCUT2D eigenvalue weighted by Gasteiger charge is 2.50. The number of Topliss-reactive ketones (excluding diaryl/α,β-unsaturated/α-hetero) is 1. The lowest BCUT2D eigenvalue weighted by Gasteiger charge is -2.38. The van der Waals surface area contributed by atoms with Crippen molar-refractivity contribution < 1.29 is 63.7 Å². The summed E-state index contributed by atoms with van der Waals surface area (Å²) < 4.78 is 25.3. The molecule has 1 saturated heterocycles. The third-order valence-electron chi connectivity index (χ3n) is 13.9. The number of fused-ring (bicyclic) bond motifs is 13. The third kappa shape index (κ3) is 9.71. The average Bonchev–Trinajstić information content (AvgIpc) is 4.00. The number of nitrogens with one attached hydrogen (secondary N) is 1. The minimum atomic E-state index is -2.04. The van der Waals surface area contributed by atoms with Crippen molar-refractivity contribution in [2.45, 2.75) is 118 Å². The van der Waals surface area contributed by atoms with Crippen LogP contribution in [0.1, 0.15) is 94.6 Å². The van der Waals surface area contributed by atoms with Gasteiger partial charge in [-0.25, -0.2) is 9.48 Å². The number of aromatic hydroxyl groups is 2. The van der Waals surface area contributed by atoms with Crippen LogP contribution in [0.3, 0.4) is 0 Å². The number of aliphatic hydroxyl groups is 2. The van der Waals surface area contributed by atoms with Crippen LogP contribution in [0.5, 0.6) is 17.2 Å². The van der Waals surface area contributed by atoms with E-state index in [0.717, 1.165) is 17.4 Å². The van der Waals surface area contributed by atoms with Gasteiger partial charge >= 0.3 is 17.7 Å². The van der Waals surface area contributed by atoms with Crippen molar-refractivity contribution in [3.05, 3.63) is 69.9 Å². The van der Waals surface area contributed by atoms with Crippen LogP contribution >= 0.6 is 0 Å². The van der Waals surface area contributed by atoms with E-state index in [1.807, 2.05) is 0 Å². The Hall–Kier alpha value is -6.22. The Balaban J connectivity index is 1.34. The fraction of sp³-hybridized carbons (Fsp3) is 0.551. The zero-order chi connectivity index (χ0) is 50.4. The Labute approximate surface area is 399 Å². The van der Waals surface area contributed by atoms with Gasteiger partial charge in [-0.1, -0.05) is 65.0 Å². The van der Waals surface area contributed by atoms with Crippen LogP contribution in [0.4, 0.5) is 5.69 Å². The van der Waals surface area contributed by atoms with E-state index in [4.69, 9.17) is 28.9 Å². The molecule has 1 spiro atoms. The lowest BCUT2D eigenvalue weighted by molar-refractivity contribution is -0.164. The summed E-state index contributed by atoms with van der Waals surface area (Å²) in [6.07, 6.45) is 5.17. The third-order valence-corrected chi connectivity index (χ3v) is 13.9. The maximum absolute atomic E-state index is 14.9. The lowest BCUT2D eigenvalue weighted by Crippen LogP contribution is -2.47. The summed E-state index contributed by atoms with van der Waals surface area (Å²) in [6, 6.07) is 0. The number of carboxylic acids is 1. The molecule has 69 heavy (non-hydrogen) atoms. The number of allylic oxidation sites excluding steroid dienone is 2. The number of phenols is 2. The van der Waals surface area contributed by atoms with E-state index in [1.54, 1.807) is 46.8 Å². The van der Waals surface area contributed by atoms with E-state index < -0.39 is 101 Å². The number of hydrogen-bond acceptors (Lipinski definition) is 17. The fourth-order valence-corrected chi connectivity index (χ4v) is 9.80. The molecule has 3 aromatic rings. The van der Waals surface area contributed by atoms with E-state index in [0.29, 0.717) is 31.8 Å². The molecule has 5 aliphatic rings. The largest absolute Gasteiger partial charge is 0.507 e. The number of ether oxygens (including phenoxy) is 4. The number of aromatic nitrogens is 3. The molecule has 2 aromatic carbocycles. The zero-order valence-corrected chi connectivity index (χ0v) is 40.6. The monoisotopic (exact) mass is 957 g/mol. The van der Waals surface area contributed by atoms with Crippen molar-refractivity contribution in [2.75, 3.05) is 32.1 Å². The molecule has 20 nitrogen and oxygen atoms in total. The van der Waals surface area contributed by atoms with Gasteiger partial charge in [-0.2, -0.15) is 0 Å². The number of phenolic OH excluding ortho intramolecular Hbond substituents is 2. The SMILES string of the molecule is CO[C@H]1/C=C/O[C@@]2(C)Oc3c(C)c(O)c4c(O)c(c5c(c4c3C2=O)=NC2(CCN(CC(C)C)CC2)N=5)NC(=O)/C(C)=C\C=C\[C@H](C)[C@H](O)[C@@H](C)[C@@H](O)[C@@H](C)[C@H](OC(=O)Cn2cc(C(=O)O)nn2)[C@@H]1C. The van der Waals surface area contributed by atoms with Crippen molar-refractivity contribution in [3.63, 3.8) is 0 Å². The summed E-state index contributed by atoms with van der Waals surface area (Å²) in [5.74, 6) is -8.94. The van der Waals surface area contributed by atoms with Crippen LogP contribution < -0.4 is 20.8 Å². The Bertz CT molecular complexity index is 2760. The molecule has 0 saturated carbocycles. The molecule has 6 heterocycles. The first-order valence-electron chi connectivity index (χ1n) is 23.2. The molecule has 8 rings (SSSR count). The van der Waals surface area contributed by atoms with Crippen LogP contribution in [-0.2, 0) is 30.3 Å². The predicted molar refractivity (Wildman–Crippen MR) is 249 cm³/mol. The number of aromatic carboxylic acids is 1. The van der Waals surface area contributed by atoms with Crippen LogP contribution in [0, 0.1) is 36.5 Å². The summed E-state index contributed by atoms with van der Waals surface area (Å²) in [4.78, 5) is 66.4. The molecule has 372 valence electrons. The molecule has 5 aliphatic heterocycles. The van der Waals surface area contributed by atoms with Gasteiger partial charge < -0.3 is 54.7 Å². The van der Waals surface area contributed by atoms with Gasteiger partial charge in [0.05, 0.1) is 47.1 Å². The number of aliphatic hydroxyl groups excluding tert-OH is 2.